The van der Waals surface area contributed by atoms with Crippen molar-refractivity contribution in [3.8, 4) is 6.07 Å². The van der Waals surface area contributed by atoms with Crippen molar-refractivity contribution in [1.82, 2.24) is 5.32 Å². The summed E-state index contributed by atoms with van der Waals surface area (Å²) in [5.41, 5.74) is 0.345. The van der Waals surface area contributed by atoms with E-state index < -0.39 is 0 Å². The number of benzene rings is 1. The Hall–Kier alpha value is -1.40. The molecule has 0 bridgehead atoms. The molecule has 0 aromatic heterocycles. The lowest BCUT2D eigenvalue weighted by Gasteiger charge is -2.31. The molecule has 1 aromatic rings. The highest BCUT2D eigenvalue weighted by Crippen LogP contribution is 2.27. The fraction of sp³-hybridized carbons (Fsp3) is 0.533. The Labute approximate surface area is 108 Å². The average molecular weight is 246 g/mol. The van der Waals surface area contributed by atoms with Gasteiger partial charge in [-0.05, 0) is 30.9 Å². The second-order valence-corrected chi connectivity index (χ2v) is 5.02. The first-order chi connectivity index (χ1) is 8.76. The maximum Gasteiger partial charge on any atom is 0.126 e. The Morgan fingerprint density at radius 3 is 2.61 bits per heavy atom. The van der Waals surface area contributed by atoms with Crippen LogP contribution in [0.15, 0.2) is 24.3 Å². The molecule has 1 fully saturated rings. The molecule has 0 heterocycles. The summed E-state index contributed by atoms with van der Waals surface area (Å²) in [7, 11) is 0. The van der Waals surface area contributed by atoms with Gasteiger partial charge in [0.05, 0.1) is 6.07 Å². The lowest BCUT2D eigenvalue weighted by atomic mass is 9.83. The Kier molecular flexibility index (Phi) is 4.33. The summed E-state index contributed by atoms with van der Waals surface area (Å²) >= 11 is 0. The van der Waals surface area contributed by atoms with E-state index in [9.17, 15) is 9.65 Å². The fourth-order valence-electron chi connectivity index (χ4n) is 2.62. The second-order valence-electron chi connectivity index (χ2n) is 5.02. The summed E-state index contributed by atoms with van der Waals surface area (Å²) in [6, 6.07) is 9.24. The van der Waals surface area contributed by atoms with E-state index in [4.69, 9.17) is 0 Å². The van der Waals surface area contributed by atoms with Gasteiger partial charge < -0.3 is 0 Å². The van der Waals surface area contributed by atoms with Gasteiger partial charge in [0.1, 0.15) is 11.4 Å². The van der Waals surface area contributed by atoms with Crippen LogP contribution in [0.2, 0.25) is 0 Å². The minimum atomic E-state index is -0.372. The van der Waals surface area contributed by atoms with Gasteiger partial charge in [0, 0.05) is 6.54 Å². The number of halogens is 1. The van der Waals surface area contributed by atoms with Crippen molar-refractivity contribution in [2.45, 2.75) is 44.1 Å². The van der Waals surface area contributed by atoms with Gasteiger partial charge in [-0.3, -0.25) is 5.32 Å². The van der Waals surface area contributed by atoms with E-state index in [0.29, 0.717) is 18.5 Å². The predicted molar refractivity (Wildman–Crippen MR) is 69.5 cm³/mol. The van der Waals surface area contributed by atoms with E-state index >= 15 is 0 Å². The molecule has 0 saturated heterocycles. The summed E-state index contributed by atoms with van der Waals surface area (Å²) in [6.45, 7) is 0.661. The molecule has 0 spiro atoms. The summed E-state index contributed by atoms with van der Waals surface area (Å²) < 4.78 is 13.4. The van der Waals surface area contributed by atoms with E-state index in [0.717, 1.165) is 25.7 Å². The van der Waals surface area contributed by atoms with Crippen molar-refractivity contribution >= 4 is 0 Å². The van der Waals surface area contributed by atoms with Crippen LogP contribution in [0.5, 0.6) is 0 Å². The lowest BCUT2D eigenvalue weighted by Crippen LogP contribution is -2.46. The van der Waals surface area contributed by atoms with Crippen LogP contribution in [-0.2, 0) is 6.42 Å². The Morgan fingerprint density at radius 1 is 1.22 bits per heavy atom. The quantitative estimate of drug-likeness (QED) is 0.885. The van der Waals surface area contributed by atoms with E-state index in [2.05, 4.69) is 11.4 Å². The molecule has 3 heteroatoms. The summed E-state index contributed by atoms with van der Waals surface area (Å²) in [4.78, 5) is 0. The average Bonchev–Trinajstić information content (AvgIpc) is 2.42. The molecule has 0 unspecified atom stereocenters. The number of hydrogen-bond acceptors (Lipinski definition) is 2. The monoisotopic (exact) mass is 246 g/mol. The fourth-order valence-corrected chi connectivity index (χ4v) is 2.62. The van der Waals surface area contributed by atoms with Crippen LogP contribution < -0.4 is 5.32 Å². The van der Waals surface area contributed by atoms with Gasteiger partial charge in [0.25, 0.3) is 0 Å². The van der Waals surface area contributed by atoms with Crippen LogP contribution in [0.1, 0.15) is 37.7 Å². The summed E-state index contributed by atoms with van der Waals surface area (Å²) in [6.07, 6.45) is 5.91. The number of hydrogen-bond donors (Lipinski definition) is 1. The van der Waals surface area contributed by atoms with Crippen LogP contribution in [0, 0.1) is 17.1 Å². The van der Waals surface area contributed by atoms with Crippen LogP contribution in [0.4, 0.5) is 4.39 Å². The first kappa shape index (κ1) is 13.0. The van der Waals surface area contributed by atoms with Gasteiger partial charge in [0.2, 0.25) is 0 Å². The standard InChI is InChI=1S/C15H19FN2/c16-14-7-3-2-6-13(14)8-11-18-15(12-17)9-4-1-5-10-15/h2-3,6-7,18H,1,4-5,8-11H2. The molecular formula is C15H19FN2. The van der Waals surface area contributed by atoms with E-state index in [-0.39, 0.29) is 11.4 Å². The SMILES string of the molecule is N#CC1(NCCc2ccccc2F)CCCCC1. The first-order valence-electron chi connectivity index (χ1n) is 6.65. The number of nitrogens with one attached hydrogen (secondary N) is 1. The molecule has 0 aliphatic heterocycles. The third-order valence-corrected chi connectivity index (χ3v) is 3.74. The first-order valence-corrected chi connectivity index (χ1v) is 6.65. The molecule has 0 amide bonds. The van der Waals surface area contributed by atoms with E-state index in [1.54, 1.807) is 12.1 Å². The Bertz CT molecular complexity index is 430. The maximum absolute atomic E-state index is 13.4. The zero-order chi connectivity index (χ0) is 12.8. The van der Waals surface area contributed by atoms with Crippen LogP contribution in [0.25, 0.3) is 0 Å². The molecule has 0 atom stereocenters. The van der Waals surface area contributed by atoms with Crippen molar-refractivity contribution < 1.29 is 4.39 Å². The molecule has 2 rings (SSSR count). The van der Waals surface area contributed by atoms with E-state index in [1.807, 2.05) is 6.07 Å². The summed E-state index contributed by atoms with van der Waals surface area (Å²) in [5, 5.41) is 12.6. The molecule has 1 N–H and O–H groups in total. The zero-order valence-electron chi connectivity index (χ0n) is 10.6. The molecule has 1 saturated carbocycles. The highest BCUT2D eigenvalue weighted by molar-refractivity contribution is 5.18. The van der Waals surface area contributed by atoms with E-state index in [1.165, 1.54) is 12.5 Å². The minimum absolute atomic E-state index is 0.158. The van der Waals surface area contributed by atoms with Crippen LogP contribution in [-0.4, -0.2) is 12.1 Å². The van der Waals surface area contributed by atoms with Crippen molar-refractivity contribution in [3.05, 3.63) is 35.6 Å². The molecule has 0 radical (unpaired) electrons. The zero-order valence-corrected chi connectivity index (χ0v) is 10.6. The van der Waals surface area contributed by atoms with Crippen molar-refractivity contribution in [2.75, 3.05) is 6.54 Å². The van der Waals surface area contributed by atoms with Gasteiger partial charge in [-0.2, -0.15) is 5.26 Å². The Balaban J connectivity index is 1.88. The summed E-state index contributed by atoms with van der Waals surface area (Å²) in [5.74, 6) is -0.158. The molecule has 2 nitrogen and oxygen atoms in total. The maximum atomic E-state index is 13.4. The molecular weight excluding hydrogens is 227 g/mol. The van der Waals surface area contributed by atoms with Crippen LogP contribution in [0.3, 0.4) is 0 Å². The van der Waals surface area contributed by atoms with Crippen molar-refractivity contribution in [1.29, 1.82) is 5.26 Å². The topological polar surface area (TPSA) is 35.8 Å². The highest BCUT2D eigenvalue weighted by Gasteiger charge is 2.30. The van der Waals surface area contributed by atoms with Gasteiger partial charge in [-0.15, -0.1) is 0 Å². The third-order valence-electron chi connectivity index (χ3n) is 3.74. The smallest absolute Gasteiger partial charge is 0.126 e. The molecule has 1 aromatic carbocycles. The normalized spacial score (nSPS) is 18.2. The predicted octanol–water partition coefficient (Wildman–Crippen LogP) is 3.18. The van der Waals surface area contributed by atoms with Gasteiger partial charge in [0.15, 0.2) is 0 Å². The van der Waals surface area contributed by atoms with Crippen molar-refractivity contribution in [3.63, 3.8) is 0 Å². The van der Waals surface area contributed by atoms with Gasteiger partial charge in [-0.25, -0.2) is 4.39 Å². The largest absolute Gasteiger partial charge is 0.299 e. The molecule has 18 heavy (non-hydrogen) atoms. The molecule has 96 valence electrons. The van der Waals surface area contributed by atoms with Gasteiger partial charge >= 0.3 is 0 Å². The Morgan fingerprint density at radius 2 is 1.94 bits per heavy atom. The van der Waals surface area contributed by atoms with Gasteiger partial charge in [-0.1, -0.05) is 37.5 Å². The lowest BCUT2D eigenvalue weighted by molar-refractivity contribution is 0.299. The number of rotatable bonds is 4. The number of nitriles is 1. The van der Waals surface area contributed by atoms with Crippen LogP contribution >= 0.6 is 0 Å². The highest BCUT2D eigenvalue weighted by atomic mass is 19.1. The van der Waals surface area contributed by atoms with Crippen molar-refractivity contribution in [2.24, 2.45) is 0 Å². The third kappa shape index (κ3) is 3.08. The minimum Gasteiger partial charge on any atom is -0.299 e. The molecule has 1 aliphatic rings. The second kappa shape index (κ2) is 5.97. The number of nitrogens with zero attached hydrogens (tertiary/aromatic N) is 1. The molecule has 1 aliphatic carbocycles.